The van der Waals surface area contributed by atoms with Crippen molar-refractivity contribution in [2.24, 2.45) is 4.99 Å². The molecule has 1 aromatic carbocycles. The number of aliphatic imine (C=N–C) groups is 1. The van der Waals surface area contributed by atoms with Crippen molar-refractivity contribution >= 4 is 11.6 Å². The molecular weight excluding hydrogens is 332 g/mol. The number of nitrogens with one attached hydrogen (secondary N) is 2. The lowest BCUT2D eigenvalue weighted by molar-refractivity contribution is 0.324. The highest BCUT2D eigenvalue weighted by molar-refractivity contribution is 5.94. The van der Waals surface area contributed by atoms with E-state index in [2.05, 4.69) is 27.5 Å². The molecular formula is C19H26N4O3. The number of anilines is 1. The first-order chi connectivity index (χ1) is 12.6. The maximum atomic E-state index is 5.38. The fourth-order valence-corrected chi connectivity index (χ4v) is 2.57. The second-order valence-corrected chi connectivity index (χ2v) is 5.59. The third-order valence-corrected chi connectivity index (χ3v) is 3.97. The summed E-state index contributed by atoms with van der Waals surface area (Å²) in [7, 11) is 6.48. The molecule has 1 aromatic heterocycles. The zero-order valence-corrected chi connectivity index (χ0v) is 15.9. The van der Waals surface area contributed by atoms with Crippen molar-refractivity contribution in [1.82, 2.24) is 10.3 Å². The molecule has 0 saturated carbocycles. The first-order valence-electron chi connectivity index (χ1n) is 8.30. The van der Waals surface area contributed by atoms with Gasteiger partial charge >= 0.3 is 0 Å². The standard InChI is InChI=1S/C19H26N4O3/c1-13-12-21-8-6-14(13)7-9-22-19(20-2)23-15-10-16(24-3)18(26-5)17(11-15)25-4/h6,8,10-12H,7,9H2,1-5H3,(H2,20,22,23). The molecule has 0 aliphatic rings. The van der Waals surface area contributed by atoms with E-state index in [4.69, 9.17) is 14.2 Å². The summed E-state index contributed by atoms with van der Waals surface area (Å²) in [6.07, 6.45) is 4.56. The van der Waals surface area contributed by atoms with Gasteiger partial charge in [-0.2, -0.15) is 0 Å². The van der Waals surface area contributed by atoms with Crippen LogP contribution in [0.15, 0.2) is 35.6 Å². The van der Waals surface area contributed by atoms with Crippen LogP contribution in [-0.2, 0) is 6.42 Å². The zero-order valence-electron chi connectivity index (χ0n) is 15.9. The van der Waals surface area contributed by atoms with E-state index in [1.54, 1.807) is 28.4 Å². The van der Waals surface area contributed by atoms with Crippen LogP contribution in [0.3, 0.4) is 0 Å². The molecule has 0 aliphatic carbocycles. The van der Waals surface area contributed by atoms with Crippen molar-refractivity contribution in [3.63, 3.8) is 0 Å². The fourth-order valence-electron chi connectivity index (χ4n) is 2.57. The van der Waals surface area contributed by atoms with Gasteiger partial charge in [-0.3, -0.25) is 9.98 Å². The normalized spacial score (nSPS) is 11.0. The number of hydrogen-bond acceptors (Lipinski definition) is 5. The van der Waals surface area contributed by atoms with E-state index < -0.39 is 0 Å². The molecule has 0 spiro atoms. The van der Waals surface area contributed by atoms with Crippen molar-refractivity contribution in [3.8, 4) is 17.2 Å². The minimum absolute atomic E-state index is 0.552. The molecule has 0 bridgehead atoms. The minimum Gasteiger partial charge on any atom is -0.493 e. The summed E-state index contributed by atoms with van der Waals surface area (Å²) in [4.78, 5) is 8.38. The Morgan fingerprint density at radius 1 is 1.12 bits per heavy atom. The quantitative estimate of drug-likeness (QED) is 0.585. The van der Waals surface area contributed by atoms with Gasteiger partial charge in [-0.1, -0.05) is 0 Å². The summed E-state index contributed by atoms with van der Waals surface area (Å²) in [5.74, 6) is 2.37. The van der Waals surface area contributed by atoms with Gasteiger partial charge in [0.2, 0.25) is 5.75 Å². The fraction of sp³-hybridized carbons (Fsp3) is 0.368. The number of ether oxygens (including phenoxy) is 3. The van der Waals surface area contributed by atoms with Crippen molar-refractivity contribution < 1.29 is 14.2 Å². The largest absolute Gasteiger partial charge is 0.493 e. The number of aromatic nitrogens is 1. The van der Waals surface area contributed by atoms with Gasteiger partial charge in [-0.05, 0) is 30.5 Å². The highest BCUT2D eigenvalue weighted by Gasteiger charge is 2.14. The molecule has 0 atom stereocenters. The van der Waals surface area contributed by atoms with E-state index >= 15 is 0 Å². The van der Waals surface area contributed by atoms with Gasteiger partial charge in [0.05, 0.1) is 21.3 Å². The number of pyridine rings is 1. The molecule has 2 aromatic rings. The van der Waals surface area contributed by atoms with E-state index in [0.29, 0.717) is 23.2 Å². The lowest BCUT2D eigenvalue weighted by Gasteiger charge is -2.16. The van der Waals surface area contributed by atoms with E-state index in [9.17, 15) is 0 Å². The van der Waals surface area contributed by atoms with Crippen molar-refractivity contribution in [3.05, 3.63) is 41.7 Å². The van der Waals surface area contributed by atoms with Crippen molar-refractivity contribution in [2.45, 2.75) is 13.3 Å². The Hall–Kier alpha value is -2.96. The first-order valence-corrected chi connectivity index (χ1v) is 8.30. The average Bonchev–Trinajstić information content (AvgIpc) is 2.67. The Labute approximate surface area is 154 Å². The Balaban J connectivity index is 2.04. The monoisotopic (exact) mass is 358 g/mol. The van der Waals surface area contributed by atoms with Gasteiger partial charge in [0, 0.05) is 43.8 Å². The maximum Gasteiger partial charge on any atom is 0.203 e. The van der Waals surface area contributed by atoms with Gasteiger partial charge < -0.3 is 24.8 Å². The van der Waals surface area contributed by atoms with Gasteiger partial charge in [-0.25, -0.2) is 0 Å². The van der Waals surface area contributed by atoms with Crippen LogP contribution in [-0.4, -0.2) is 45.9 Å². The number of hydrogen-bond donors (Lipinski definition) is 2. The molecule has 2 N–H and O–H groups in total. The van der Waals surface area contributed by atoms with E-state index in [1.165, 1.54) is 11.1 Å². The summed E-state index contributed by atoms with van der Waals surface area (Å²) in [6, 6.07) is 5.70. The molecule has 7 heteroatoms. The number of aryl methyl sites for hydroxylation is 1. The molecule has 0 unspecified atom stereocenters. The van der Waals surface area contributed by atoms with Crippen LogP contribution in [0.1, 0.15) is 11.1 Å². The summed E-state index contributed by atoms with van der Waals surface area (Å²) < 4.78 is 16.1. The molecule has 0 aliphatic heterocycles. The predicted molar refractivity (Wildman–Crippen MR) is 104 cm³/mol. The Morgan fingerprint density at radius 3 is 2.35 bits per heavy atom. The van der Waals surface area contributed by atoms with Crippen molar-refractivity contribution in [1.29, 1.82) is 0 Å². The molecule has 0 fully saturated rings. The van der Waals surface area contributed by atoms with Crippen LogP contribution >= 0.6 is 0 Å². The van der Waals surface area contributed by atoms with Crippen LogP contribution in [0, 0.1) is 6.92 Å². The third kappa shape index (κ3) is 4.78. The van der Waals surface area contributed by atoms with Crippen LogP contribution in [0.2, 0.25) is 0 Å². The van der Waals surface area contributed by atoms with E-state index in [1.807, 2.05) is 30.6 Å². The summed E-state index contributed by atoms with van der Waals surface area (Å²) in [5.41, 5.74) is 3.23. The van der Waals surface area contributed by atoms with Crippen LogP contribution in [0.5, 0.6) is 17.2 Å². The SMILES string of the molecule is CN=C(NCCc1ccncc1C)Nc1cc(OC)c(OC)c(OC)c1. The highest BCUT2D eigenvalue weighted by Crippen LogP contribution is 2.39. The second kappa shape index (κ2) is 9.50. The Bertz CT molecular complexity index is 737. The van der Waals surface area contributed by atoms with E-state index in [-0.39, 0.29) is 0 Å². The number of guanidine groups is 1. The van der Waals surface area contributed by atoms with Crippen molar-refractivity contribution in [2.75, 3.05) is 40.2 Å². The molecule has 1 heterocycles. The molecule has 7 nitrogen and oxygen atoms in total. The summed E-state index contributed by atoms with van der Waals surface area (Å²) in [6.45, 7) is 2.81. The average molecular weight is 358 g/mol. The zero-order chi connectivity index (χ0) is 18.9. The molecule has 2 rings (SSSR count). The lowest BCUT2D eigenvalue weighted by atomic mass is 10.1. The number of benzene rings is 1. The maximum absolute atomic E-state index is 5.38. The first kappa shape index (κ1) is 19.4. The van der Waals surface area contributed by atoms with Gasteiger partial charge in [0.15, 0.2) is 17.5 Å². The molecule has 140 valence electrons. The topological polar surface area (TPSA) is 77.0 Å². The van der Waals surface area contributed by atoms with E-state index in [0.717, 1.165) is 18.7 Å². The third-order valence-electron chi connectivity index (χ3n) is 3.97. The van der Waals surface area contributed by atoms with Crippen LogP contribution in [0.25, 0.3) is 0 Å². The van der Waals surface area contributed by atoms with Crippen LogP contribution < -0.4 is 24.8 Å². The summed E-state index contributed by atoms with van der Waals surface area (Å²) >= 11 is 0. The molecule has 26 heavy (non-hydrogen) atoms. The van der Waals surface area contributed by atoms with Gasteiger partial charge in [-0.15, -0.1) is 0 Å². The predicted octanol–water partition coefficient (Wildman–Crippen LogP) is 2.65. The van der Waals surface area contributed by atoms with Crippen LogP contribution in [0.4, 0.5) is 5.69 Å². The molecule has 0 amide bonds. The minimum atomic E-state index is 0.552. The smallest absolute Gasteiger partial charge is 0.203 e. The second-order valence-electron chi connectivity index (χ2n) is 5.59. The highest BCUT2D eigenvalue weighted by atomic mass is 16.5. The van der Waals surface area contributed by atoms with Gasteiger partial charge in [0.1, 0.15) is 0 Å². The molecule has 0 radical (unpaired) electrons. The molecule has 0 saturated heterocycles. The Morgan fingerprint density at radius 2 is 1.81 bits per heavy atom. The van der Waals surface area contributed by atoms with Gasteiger partial charge in [0.25, 0.3) is 0 Å². The number of nitrogens with zero attached hydrogens (tertiary/aromatic N) is 2. The number of methoxy groups -OCH3 is 3. The summed E-state index contributed by atoms with van der Waals surface area (Å²) in [5, 5.41) is 6.54. The Kier molecular flexibility index (Phi) is 7.08. The number of rotatable bonds is 7. The lowest BCUT2D eigenvalue weighted by Crippen LogP contribution is -2.32.